The molecule has 0 radical (unpaired) electrons. The molecule has 7 heteroatoms. The maximum atomic E-state index is 11.1. The number of methoxy groups -OCH3 is 1. The second-order valence-electron chi connectivity index (χ2n) is 4.50. The van der Waals surface area contributed by atoms with Crippen molar-refractivity contribution in [3.63, 3.8) is 0 Å². The van der Waals surface area contributed by atoms with Crippen molar-refractivity contribution < 1.29 is 9.53 Å². The summed E-state index contributed by atoms with van der Waals surface area (Å²) in [4.78, 5) is 11.1. The van der Waals surface area contributed by atoms with Crippen molar-refractivity contribution in [3.8, 4) is 0 Å². The Balaban J connectivity index is 2.71. The predicted molar refractivity (Wildman–Crippen MR) is 79.7 cm³/mol. The third-order valence-corrected chi connectivity index (χ3v) is 17.6. The number of thioether (sulfide) groups is 1. The number of hydrogen-bond donors (Lipinski definition) is 0. The molecule has 0 aliphatic rings. The standard InChI is InChI=1S/C10H16O2SSe3Si/c1-12-7(11)5-6-13-8-9(17(2,3)4)16-10(14)15-8/h5-6H2,1-4H3. The summed E-state index contributed by atoms with van der Waals surface area (Å²) in [5, 5.41) is 0. The third-order valence-electron chi connectivity index (χ3n) is 2.00. The van der Waals surface area contributed by atoms with Gasteiger partial charge in [0.05, 0.1) is 0 Å². The topological polar surface area (TPSA) is 26.3 Å². The van der Waals surface area contributed by atoms with Crippen LogP contribution in [0.25, 0.3) is 0 Å². The summed E-state index contributed by atoms with van der Waals surface area (Å²) in [7, 11) is 0.284. The molecule has 0 spiro atoms. The van der Waals surface area contributed by atoms with E-state index in [1.807, 2.05) is 11.8 Å². The van der Waals surface area contributed by atoms with Gasteiger partial charge in [0.15, 0.2) is 0 Å². The first-order valence-corrected chi connectivity index (χ1v) is 14.0. The van der Waals surface area contributed by atoms with Crippen LogP contribution in [-0.2, 0) is 9.53 Å². The van der Waals surface area contributed by atoms with Crippen LogP contribution in [0.5, 0.6) is 0 Å². The van der Waals surface area contributed by atoms with E-state index < -0.39 is 8.07 Å². The fourth-order valence-electron chi connectivity index (χ4n) is 1.15. The van der Waals surface area contributed by atoms with Crippen LogP contribution < -0.4 is 4.06 Å². The van der Waals surface area contributed by atoms with Crippen molar-refractivity contribution in [3.05, 3.63) is 1.81 Å². The van der Waals surface area contributed by atoms with Gasteiger partial charge in [0.1, 0.15) is 0 Å². The van der Waals surface area contributed by atoms with Crippen LogP contribution in [-0.4, -0.2) is 71.5 Å². The SMILES string of the molecule is COC(=O)CCSc1[se]c(=[Se])[se]c1[Si](C)(C)C. The first-order valence-electron chi connectivity index (χ1n) is 5.18. The molecule has 0 atom stereocenters. The molecule has 0 unspecified atom stereocenters. The van der Waals surface area contributed by atoms with Crippen molar-refractivity contribution in [2.75, 3.05) is 12.9 Å². The van der Waals surface area contributed by atoms with Crippen molar-refractivity contribution >= 4 is 74.4 Å². The number of ether oxygens (including phenoxy) is 1. The number of carbonyl (C=O) groups excluding carboxylic acids is 1. The molecule has 17 heavy (non-hydrogen) atoms. The van der Waals surface area contributed by atoms with Gasteiger partial charge in [0, 0.05) is 0 Å². The monoisotopic (exact) mass is 468 g/mol. The van der Waals surface area contributed by atoms with Crippen LogP contribution in [0, 0.1) is 1.81 Å². The van der Waals surface area contributed by atoms with Crippen molar-refractivity contribution in [2.45, 2.75) is 29.8 Å². The van der Waals surface area contributed by atoms with Gasteiger partial charge in [-0.05, 0) is 0 Å². The Morgan fingerprint density at radius 1 is 1.41 bits per heavy atom. The zero-order chi connectivity index (χ0) is 13.1. The maximum absolute atomic E-state index is 11.1. The molecule has 1 aromatic heterocycles. The van der Waals surface area contributed by atoms with Gasteiger partial charge >= 0.3 is 128 Å². The summed E-state index contributed by atoms with van der Waals surface area (Å²) in [6.45, 7) is 7.25. The Kier molecular flexibility index (Phi) is 6.80. The van der Waals surface area contributed by atoms with Gasteiger partial charge in [0.2, 0.25) is 0 Å². The van der Waals surface area contributed by atoms with Crippen LogP contribution in [0.1, 0.15) is 6.42 Å². The first kappa shape index (κ1) is 16.3. The Morgan fingerprint density at radius 3 is 2.59 bits per heavy atom. The third kappa shape index (κ3) is 5.37. The van der Waals surface area contributed by atoms with Gasteiger partial charge in [0.25, 0.3) is 0 Å². The molecule has 0 saturated heterocycles. The van der Waals surface area contributed by atoms with Crippen LogP contribution in [0.3, 0.4) is 0 Å². The van der Waals surface area contributed by atoms with Crippen molar-refractivity contribution in [1.29, 1.82) is 0 Å². The molecule has 2 nitrogen and oxygen atoms in total. The van der Waals surface area contributed by atoms with E-state index >= 15 is 0 Å². The van der Waals surface area contributed by atoms with Crippen LogP contribution in [0.2, 0.25) is 19.6 Å². The zero-order valence-electron chi connectivity index (χ0n) is 10.4. The molecule has 1 rings (SSSR count). The molecule has 1 heterocycles. The van der Waals surface area contributed by atoms with Gasteiger partial charge in [-0.2, -0.15) is 0 Å². The van der Waals surface area contributed by atoms with Gasteiger partial charge in [-0.25, -0.2) is 0 Å². The molecule has 0 bridgehead atoms. The van der Waals surface area contributed by atoms with E-state index in [4.69, 9.17) is 0 Å². The number of hydrogen-bond acceptors (Lipinski definition) is 3. The quantitative estimate of drug-likeness (QED) is 0.364. The molecule has 0 N–H and O–H groups in total. The van der Waals surface area contributed by atoms with Crippen LogP contribution in [0.4, 0.5) is 0 Å². The average Bonchev–Trinajstić information content (AvgIpc) is 2.59. The van der Waals surface area contributed by atoms with E-state index in [0.717, 1.165) is 5.75 Å². The van der Waals surface area contributed by atoms with E-state index in [-0.39, 0.29) is 5.97 Å². The molecular formula is C10H16O2SSe3Si. The summed E-state index contributed by atoms with van der Waals surface area (Å²) in [5.74, 6) is 0.761. The predicted octanol–water partition coefficient (Wildman–Crippen LogP) is 0.701. The van der Waals surface area contributed by atoms with E-state index in [1.54, 1.807) is 9.64 Å². The summed E-state index contributed by atoms with van der Waals surface area (Å²) >= 11 is 6.22. The number of rotatable bonds is 5. The van der Waals surface area contributed by atoms with Gasteiger partial charge in [-0.1, -0.05) is 0 Å². The molecule has 0 aromatic carbocycles. The zero-order valence-corrected chi connectivity index (χ0v) is 17.3. The van der Waals surface area contributed by atoms with Crippen LogP contribution >= 0.6 is 11.8 Å². The molecule has 0 aliphatic carbocycles. The normalized spacial score (nSPS) is 11.5. The minimum atomic E-state index is -1.17. The Morgan fingerprint density at radius 2 is 2.06 bits per heavy atom. The molecule has 0 aliphatic heterocycles. The van der Waals surface area contributed by atoms with Crippen molar-refractivity contribution in [2.24, 2.45) is 0 Å². The number of carbonyl (C=O) groups is 1. The number of esters is 1. The summed E-state index contributed by atoms with van der Waals surface area (Å²) in [6, 6.07) is 0. The Bertz CT molecular complexity index is 447. The second kappa shape index (κ2) is 7.11. The Labute approximate surface area is 127 Å². The van der Waals surface area contributed by atoms with Crippen molar-refractivity contribution in [1.82, 2.24) is 0 Å². The molecule has 0 fully saturated rings. The minimum absolute atomic E-state index is 0.101. The molecule has 0 amide bonds. The Hall–Kier alpha value is 1.21. The molecular weight excluding hydrogens is 449 g/mol. The first-order chi connectivity index (χ1) is 7.84. The van der Waals surface area contributed by atoms with Crippen LogP contribution in [0.15, 0.2) is 3.77 Å². The second-order valence-corrected chi connectivity index (χ2v) is 21.1. The van der Waals surface area contributed by atoms with E-state index in [2.05, 4.69) is 40.0 Å². The summed E-state index contributed by atoms with van der Waals surface area (Å²) in [6.07, 6.45) is 0.523. The molecule has 1 aromatic rings. The van der Waals surface area contributed by atoms with E-state index in [1.165, 1.54) is 7.11 Å². The average molecular weight is 465 g/mol. The van der Waals surface area contributed by atoms with E-state index in [0.29, 0.717) is 35.4 Å². The summed E-state index contributed by atoms with van der Waals surface area (Å²) < 4.78 is 9.58. The molecule has 96 valence electrons. The van der Waals surface area contributed by atoms with E-state index in [9.17, 15) is 4.79 Å². The fourth-order valence-corrected chi connectivity index (χ4v) is 19.5. The molecule has 0 saturated carbocycles. The summed E-state index contributed by atoms with van der Waals surface area (Å²) in [5.41, 5.74) is 0. The fraction of sp³-hybridized carbons (Fsp3) is 0.600. The van der Waals surface area contributed by atoms with Gasteiger partial charge < -0.3 is 0 Å². The van der Waals surface area contributed by atoms with Gasteiger partial charge in [-0.15, -0.1) is 0 Å². The van der Waals surface area contributed by atoms with Gasteiger partial charge in [-0.3, -0.25) is 0 Å².